The third-order valence-corrected chi connectivity index (χ3v) is 4.14. The zero-order chi connectivity index (χ0) is 13.0. The fourth-order valence-electron chi connectivity index (χ4n) is 2.15. The maximum atomic E-state index is 11.2. The molecule has 0 amide bonds. The highest BCUT2D eigenvalue weighted by molar-refractivity contribution is 7.15. The highest BCUT2D eigenvalue weighted by Gasteiger charge is 2.29. The Morgan fingerprint density at radius 1 is 1.67 bits per heavy atom. The van der Waals surface area contributed by atoms with E-state index in [-0.39, 0.29) is 0 Å². The average molecular weight is 270 g/mol. The minimum atomic E-state index is -0.757. The summed E-state index contributed by atoms with van der Waals surface area (Å²) in [4.78, 5) is 16.7. The van der Waals surface area contributed by atoms with Crippen LogP contribution in [-0.4, -0.2) is 36.3 Å². The predicted molar refractivity (Wildman–Crippen MR) is 70.4 cm³/mol. The zero-order valence-electron chi connectivity index (χ0n) is 10.4. The summed E-state index contributed by atoms with van der Waals surface area (Å²) in [6.45, 7) is 1.52. The molecule has 5 nitrogen and oxygen atoms in total. The van der Waals surface area contributed by atoms with Gasteiger partial charge in [-0.2, -0.15) is 0 Å². The average Bonchev–Trinajstić information content (AvgIpc) is 2.76. The number of aromatic nitrogens is 1. The van der Waals surface area contributed by atoms with Gasteiger partial charge in [0.25, 0.3) is 0 Å². The zero-order valence-corrected chi connectivity index (χ0v) is 11.3. The fourth-order valence-corrected chi connectivity index (χ4v) is 3.24. The van der Waals surface area contributed by atoms with Crippen LogP contribution in [0.25, 0.3) is 0 Å². The van der Waals surface area contributed by atoms with Crippen molar-refractivity contribution in [3.63, 3.8) is 0 Å². The van der Waals surface area contributed by atoms with E-state index in [1.165, 1.54) is 0 Å². The number of hydrogen-bond donors (Lipinski definition) is 2. The Kier molecular flexibility index (Phi) is 4.54. The monoisotopic (exact) mass is 270 g/mol. The number of aryl methyl sites for hydroxylation is 1. The number of carboxylic acids is 1. The first-order chi connectivity index (χ1) is 8.72. The molecule has 0 saturated carbocycles. The lowest BCUT2D eigenvalue weighted by atomic mass is 9.91. The molecular weight excluding hydrogens is 252 g/mol. The van der Waals surface area contributed by atoms with Gasteiger partial charge in [-0.25, -0.2) is 4.98 Å². The standard InChI is InChI=1S/C12H18N2O3S/c1-17-7-3-6-13-12-14-10-8(11(15)16)4-2-5-9(10)18-12/h8H,2-7H2,1H3,(H,13,14)(H,15,16). The summed E-state index contributed by atoms with van der Waals surface area (Å²) in [5.74, 6) is -1.17. The van der Waals surface area contributed by atoms with E-state index in [0.717, 1.165) is 48.1 Å². The maximum absolute atomic E-state index is 11.2. The van der Waals surface area contributed by atoms with Gasteiger partial charge >= 0.3 is 5.97 Å². The van der Waals surface area contributed by atoms with Gasteiger partial charge in [0, 0.05) is 25.1 Å². The first-order valence-corrected chi connectivity index (χ1v) is 6.99. The predicted octanol–water partition coefficient (Wildman–Crippen LogP) is 2.10. The van der Waals surface area contributed by atoms with Crippen molar-refractivity contribution in [1.82, 2.24) is 4.98 Å². The first kappa shape index (κ1) is 13.3. The molecular formula is C12H18N2O3S. The van der Waals surface area contributed by atoms with Crippen molar-refractivity contribution < 1.29 is 14.6 Å². The van der Waals surface area contributed by atoms with Crippen LogP contribution in [0.1, 0.15) is 35.8 Å². The minimum absolute atomic E-state index is 0.417. The Morgan fingerprint density at radius 3 is 3.22 bits per heavy atom. The van der Waals surface area contributed by atoms with E-state index in [9.17, 15) is 4.79 Å². The van der Waals surface area contributed by atoms with Crippen LogP contribution in [0.3, 0.4) is 0 Å². The molecule has 0 bridgehead atoms. The van der Waals surface area contributed by atoms with Crippen LogP contribution in [-0.2, 0) is 16.0 Å². The number of fused-ring (bicyclic) bond motifs is 1. The van der Waals surface area contributed by atoms with Gasteiger partial charge in [-0.05, 0) is 25.7 Å². The topological polar surface area (TPSA) is 71.5 Å². The molecule has 6 heteroatoms. The molecule has 18 heavy (non-hydrogen) atoms. The number of ether oxygens (including phenoxy) is 1. The second-order valence-electron chi connectivity index (χ2n) is 4.38. The van der Waals surface area contributed by atoms with Crippen LogP contribution < -0.4 is 5.32 Å². The van der Waals surface area contributed by atoms with Gasteiger partial charge in [-0.15, -0.1) is 11.3 Å². The largest absolute Gasteiger partial charge is 0.481 e. The molecule has 1 atom stereocenters. The Morgan fingerprint density at radius 2 is 2.50 bits per heavy atom. The smallest absolute Gasteiger partial charge is 0.312 e. The van der Waals surface area contributed by atoms with Gasteiger partial charge in [-0.1, -0.05) is 0 Å². The van der Waals surface area contributed by atoms with E-state index >= 15 is 0 Å². The summed E-state index contributed by atoms with van der Waals surface area (Å²) < 4.78 is 4.97. The number of carboxylic acid groups (broad SMARTS) is 1. The SMILES string of the molecule is COCCCNc1nc2c(s1)CCCC2C(=O)O. The number of thiazole rings is 1. The van der Waals surface area contributed by atoms with Crippen molar-refractivity contribution in [1.29, 1.82) is 0 Å². The van der Waals surface area contributed by atoms with Crippen LogP contribution >= 0.6 is 11.3 Å². The number of anilines is 1. The van der Waals surface area contributed by atoms with E-state index in [1.54, 1.807) is 18.4 Å². The number of nitrogens with zero attached hydrogens (tertiary/aromatic N) is 1. The minimum Gasteiger partial charge on any atom is -0.481 e. The lowest BCUT2D eigenvalue weighted by molar-refractivity contribution is -0.139. The molecule has 0 spiro atoms. The number of hydrogen-bond acceptors (Lipinski definition) is 5. The van der Waals surface area contributed by atoms with Gasteiger partial charge in [0.2, 0.25) is 0 Å². The highest BCUT2D eigenvalue weighted by Crippen LogP contribution is 2.36. The number of aliphatic carboxylic acids is 1. The molecule has 1 unspecified atom stereocenters. The number of rotatable bonds is 6. The summed E-state index contributed by atoms with van der Waals surface area (Å²) >= 11 is 1.59. The molecule has 0 aliphatic heterocycles. The molecule has 2 N–H and O–H groups in total. The molecule has 0 fully saturated rings. The van der Waals surface area contributed by atoms with E-state index < -0.39 is 11.9 Å². The Labute approximate surface area is 110 Å². The van der Waals surface area contributed by atoms with E-state index in [0.29, 0.717) is 6.42 Å². The number of nitrogens with one attached hydrogen (secondary N) is 1. The van der Waals surface area contributed by atoms with Crippen molar-refractivity contribution in [2.24, 2.45) is 0 Å². The normalized spacial score (nSPS) is 18.4. The van der Waals surface area contributed by atoms with E-state index in [1.807, 2.05) is 0 Å². The third kappa shape index (κ3) is 3.00. The summed E-state index contributed by atoms with van der Waals surface area (Å²) in [6, 6.07) is 0. The quantitative estimate of drug-likeness (QED) is 0.775. The molecule has 1 aromatic rings. The molecule has 100 valence electrons. The summed E-state index contributed by atoms with van der Waals surface area (Å²) in [5, 5.41) is 13.2. The van der Waals surface area contributed by atoms with Crippen LogP contribution in [0.15, 0.2) is 0 Å². The second kappa shape index (κ2) is 6.15. The van der Waals surface area contributed by atoms with Crippen molar-refractivity contribution in [3.05, 3.63) is 10.6 Å². The Balaban J connectivity index is 2.00. The Bertz CT molecular complexity index is 419. The van der Waals surface area contributed by atoms with Gasteiger partial charge in [0.15, 0.2) is 5.13 Å². The highest BCUT2D eigenvalue weighted by atomic mass is 32.1. The molecule has 1 aliphatic rings. The molecule has 0 aromatic carbocycles. The van der Waals surface area contributed by atoms with Gasteiger partial charge in [-0.3, -0.25) is 4.79 Å². The summed E-state index contributed by atoms with van der Waals surface area (Å²) in [7, 11) is 1.68. The lowest BCUT2D eigenvalue weighted by Crippen LogP contribution is -2.17. The molecule has 1 aliphatic carbocycles. The summed E-state index contributed by atoms with van der Waals surface area (Å²) in [5.41, 5.74) is 0.771. The third-order valence-electron chi connectivity index (χ3n) is 3.05. The summed E-state index contributed by atoms with van der Waals surface area (Å²) in [6.07, 6.45) is 3.52. The molecule has 2 rings (SSSR count). The number of carbonyl (C=O) groups is 1. The fraction of sp³-hybridized carbons (Fsp3) is 0.667. The molecule has 1 aromatic heterocycles. The molecule has 0 saturated heterocycles. The second-order valence-corrected chi connectivity index (χ2v) is 5.47. The van der Waals surface area contributed by atoms with Crippen molar-refractivity contribution in [3.8, 4) is 0 Å². The molecule has 1 heterocycles. The Hall–Kier alpha value is -1.14. The maximum Gasteiger partial charge on any atom is 0.312 e. The van der Waals surface area contributed by atoms with Gasteiger partial charge in [0.05, 0.1) is 5.69 Å². The number of methoxy groups -OCH3 is 1. The first-order valence-electron chi connectivity index (χ1n) is 6.17. The van der Waals surface area contributed by atoms with Gasteiger partial charge in [0.1, 0.15) is 5.92 Å². The van der Waals surface area contributed by atoms with Gasteiger partial charge < -0.3 is 15.2 Å². The van der Waals surface area contributed by atoms with E-state index in [2.05, 4.69) is 10.3 Å². The van der Waals surface area contributed by atoms with Crippen molar-refractivity contribution >= 4 is 22.4 Å². The van der Waals surface area contributed by atoms with Crippen molar-refractivity contribution in [2.45, 2.75) is 31.6 Å². The van der Waals surface area contributed by atoms with E-state index in [4.69, 9.17) is 9.84 Å². The van der Waals surface area contributed by atoms with Crippen LogP contribution in [0.5, 0.6) is 0 Å². The van der Waals surface area contributed by atoms with Crippen LogP contribution in [0, 0.1) is 0 Å². The van der Waals surface area contributed by atoms with Crippen LogP contribution in [0.4, 0.5) is 5.13 Å². The van der Waals surface area contributed by atoms with Crippen LogP contribution in [0.2, 0.25) is 0 Å². The lowest BCUT2D eigenvalue weighted by Gasteiger charge is -2.16. The van der Waals surface area contributed by atoms with Crippen molar-refractivity contribution in [2.75, 3.05) is 25.6 Å². The molecule has 0 radical (unpaired) electrons.